The summed E-state index contributed by atoms with van der Waals surface area (Å²) < 4.78 is 7.11. The van der Waals surface area contributed by atoms with Crippen LogP contribution in [0.15, 0.2) is 41.0 Å². The number of likely N-dealkylation sites (tertiary alicyclic amines) is 1. The molecule has 0 aliphatic carbocycles. The lowest BCUT2D eigenvalue weighted by Crippen LogP contribution is -2.45. The van der Waals surface area contributed by atoms with Crippen molar-refractivity contribution in [1.29, 1.82) is 0 Å². The standard InChI is InChI=1S/C19H20N4O4/c1-22-15-7-6-12(18(25)26)10-14(15)21-19(22)20-13-4-2-8-23(11-13)17(24)16-5-3-9-27-16/h3,5-7,9-10,13H,2,4,8,11H2,1H3,(H,20,21)(H,25,26). The lowest BCUT2D eigenvalue weighted by Gasteiger charge is -2.32. The number of nitrogens with zero attached hydrogens (tertiary/aromatic N) is 3. The number of aromatic carboxylic acids is 1. The highest BCUT2D eigenvalue weighted by molar-refractivity contribution is 5.93. The van der Waals surface area contributed by atoms with Crippen LogP contribution in [0.25, 0.3) is 11.0 Å². The quantitative estimate of drug-likeness (QED) is 0.734. The van der Waals surface area contributed by atoms with Gasteiger partial charge < -0.3 is 24.3 Å². The highest BCUT2D eigenvalue weighted by atomic mass is 16.4. The topological polar surface area (TPSA) is 101 Å². The molecular formula is C19H20N4O4. The van der Waals surface area contributed by atoms with E-state index in [1.165, 1.54) is 6.26 Å². The van der Waals surface area contributed by atoms with Crippen molar-refractivity contribution in [1.82, 2.24) is 14.5 Å². The first kappa shape index (κ1) is 17.1. The lowest BCUT2D eigenvalue weighted by atomic mass is 10.1. The molecule has 2 aromatic heterocycles. The molecule has 1 atom stereocenters. The van der Waals surface area contributed by atoms with Gasteiger partial charge in [-0.15, -0.1) is 0 Å². The van der Waals surface area contributed by atoms with E-state index in [2.05, 4.69) is 10.3 Å². The Morgan fingerprint density at radius 1 is 1.33 bits per heavy atom. The van der Waals surface area contributed by atoms with Gasteiger partial charge in [0, 0.05) is 26.2 Å². The maximum absolute atomic E-state index is 12.5. The molecule has 0 spiro atoms. The van der Waals surface area contributed by atoms with E-state index in [1.54, 1.807) is 35.2 Å². The molecular weight excluding hydrogens is 348 g/mol. The van der Waals surface area contributed by atoms with Crippen molar-refractivity contribution in [2.75, 3.05) is 18.4 Å². The van der Waals surface area contributed by atoms with Crippen LogP contribution in [-0.2, 0) is 7.05 Å². The van der Waals surface area contributed by atoms with Gasteiger partial charge in [-0.2, -0.15) is 0 Å². The summed E-state index contributed by atoms with van der Waals surface area (Å²) in [6, 6.07) is 8.33. The maximum atomic E-state index is 12.5. The molecule has 3 aromatic rings. The van der Waals surface area contributed by atoms with Crippen molar-refractivity contribution in [3.63, 3.8) is 0 Å². The number of amides is 1. The Hall–Kier alpha value is -3.29. The number of hydrogen-bond donors (Lipinski definition) is 2. The molecule has 1 fully saturated rings. The third kappa shape index (κ3) is 3.25. The largest absolute Gasteiger partial charge is 0.478 e. The molecule has 2 N–H and O–H groups in total. The number of carbonyl (C=O) groups excluding carboxylic acids is 1. The van der Waals surface area contributed by atoms with E-state index in [4.69, 9.17) is 9.52 Å². The number of carbonyl (C=O) groups is 2. The number of carboxylic acids is 1. The number of hydrogen-bond acceptors (Lipinski definition) is 5. The maximum Gasteiger partial charge on any atom is 0.335 e. The van der Waals surface area contributed by atoms with Crippen molar-refractivity contribution in [3.8, 4) is 0 Å². The monoisotopic (exact) mass is 368 g/mol. The van der Waals surface area contributed by atoms with E-state index in [9.17, 15) is 9.59 Å². The van der Waals surface area contributed by atoms with Gasteiger partial charge in [0.15, 0.2) is 5.76 Å². The summed E-state index contributed by atoms with van der Waals surface area (Å²) in [4.78, 5) is 30.0. The number of anilines is 1. The second kappa shape index (κ2) is 6.79. The second-order valence-electron chi connectivity index (χ2n) is 6.72. The summed E-state index contributed by atoms with van der Waals surface area (Å²) in [6.07, 6.45) is 3.31. The summed E-state index contributed by atoms with van der Waals surface area (Å²) in [7, 11) is 1.88. The Morgan fingerprint density at radius 2 is 2.19 bits per heavy atom. The molecule has 1 unspecified atom stereocenters. The van der Waals surface area contributed by atoms with Gasteiger partial charge in [-0.05, 0) is 43.2 Å². The first-order valence-electron chi connectivity index (χ1n) is 8.82. The number of imidazole rings is 1. The molecule has 0 saturated carbocycles. The fraction of sp³-hybridized carbons (Fsp3) is 0.316. The Kier molecular flexibility index (Phi) is 4.31. The summed E-state index contributed by atoms with van der Waals surface area (Å²) in [6.45, 7) is 1.26. The first-order chi connectivity index (χ1) is 13.0. The van der Waals surface area contributed by atoms with E-state index in [0.29, 0.717) is 30.3 Å². The number of furan rings is 1. The Labute approximate surface area is 155 Å². The molecule has 4 rings (SSSR count). The van der Waals surface area contributed by atoms with Crippen molar-refractivity contribution in [2.45, 2.75) is 18.9 Å². The Morgan fingerprint density at radius 3 is 2.93 bits per heavy atom. The highest BCUT2D eigenvalue weighted by Gasteiger charge is 2.26. The molecule has 1 aliphatic rings. The molecule has 1 aromatic carbocycles. The molecule has 3 heterocycles. The first-order valence-corrected chi connectivity index (χ1v) is 8.82. The zero-order valence-electron chi connectivity index (χ0n) is 14.9. The van der Waals surface area contributed by atoms with Crippen molar-refractivity contribution in [3.05, 3.63) is 47.9 Å². The van der Waals surface area contributed by atoms with Crippen LogP contribution in [0.1, 0.15) is 33.8 Å². The van der Waals surface area contributed by atoms with Crippen molar-refractivity contribution in [2.24, 2.45) is 7.05 Å². The third-order valence-electron chi connectivity index (χ3n) is 4.90. The van der Waals surface area contributed by atoms with Gasteiger partial charge in [0.05, 0.1) is 22.9 Å². The van der Waals surface area contributed by atoms with Crippen LogP contribution in [0.2, 0.25) is 0 Å². The second-order valence-corrected chi connectivity index (χ2v) is 6.72. The number of carboxylic acid groups (broad SMARTS) is 1. The van der Waals surface area contributed by atoms with Crippen LogP contribution in [0.3, 0.4) is 0 Å². The van der Waals surface area contributed by atoms with E-state index < -0.39 is 5.97 Å². The molecule has 1 aliphatic heterocycles. The zero-order valence-corrected chi connectivity index (χ0v) is 14.9. The number of piperidine rings is 1. The minimum atomic E-state index is -0.976. The van der Waals surface area contributed by atoms with E-state index >= 15 is 0 Å². The molecule has 8 nitrogen and oxygen atoms in total. The van der Waals surface area contributed by atoms with Crippen LogP contribution in [0.5, 0.6) is 0 Å². The number of aromatic nitrogens is 2. The molecule has 1 amide bonds. The highest BCUT2D eigenvalue weighted by Crippen LogP contribution is 2.22. The summed E-state index contributed by atoms with van der Waals surface area (Å²) in [5.74, 6) is -0.0801. The van der Waals surface area contributed by atoms with Crippen molar-refractivity contribution >= 4 is 28.9 Å². The van der Waals surface area contributed by atoms with Gasteiger partial charge in [-0.1, -0.05) is 0 Å². The minimum Gasteiger partial charge on any atom is -0.478 e. The zero-order chi connectivity index (χ0) is 19.0. The minimum absolute atomic E-state index is 0.0621. The number of nitrogens with one attached hydrogen (secondary N) is 1. The third-order valence-corrected chi connectivity index (χ3v) is 4.90. The molecule has 8 heteroatoms. The fourth-order valence-corrected chi connectivity index (χ4v) is 3.48. The van der Waals surface area contributed by atoms with Crippen LogP contribution < -0.4 is 5.32 Å². The van der Waals surface area contributed by atoms with Crippen LogP contribution in [0, 0.1) is 0 Å². The van der Waals surface area contributed by atoms with E-state index in [1.807, 2.05) is 11.6 Å². The Bertz CT molecular complexity index is 993. The van der Waals surface area contributed by atoms with E-state index in [-0.39, 0.29) is 17.5 Å². The SMILES string of the molecule is Cn1c(NC2CCCN(C(=O)c3ccco3)C2)nc2cc(C(=O)O)ccc21. The number of aryl methyl sites for hydroxylation is 1. The summed E-state index contributed by atoms with van der Waals surface area (Å²) >= 11 is 0. The molecule has 0 radical (unpaired) electrons. The lowest BCUT2D eigenvalue weighted by molar-refractivity contribution is 0.0679. The predicted octanol–water partition coefficient (Wildman–Crippen LogP) is 2.58. The predicted molar refractivity (Wildman–Crippen MR) is 98.9 cm³/mol. The number of benzene rings is 1. The number of fused-ring (bicyclic) bond motifs is 1. The average Bonchev–Trinajstić information content (AvgIpc) is 3.30. The smallest absolute Gasteiger partial charge is 0.335 e. The Balaban J connectivity index is 1.52. The summed E-state index contributed by atoms with van der Waals surface area (Å²) in [5, 5.41) is 12.5. The van der Waals surface area contributed by atoms with E-state index in [0.717, 1.165) is 18.4 Å². The molecule has 1 saturated heterocycles. The molecule has 140 valence electrons. The van der Waals surface area contributed by atoms with Crippen molar-refractivity contribution < 1.29 is 19.1 Å². The van der Waals surface area contributed by atoms with Crippen LogP contribution in [-0.4, -0.2) is 50.6 Å². The van der Waals surface area contributed by atoms with Gasteiger partial charge in [0.25, 0.3) is 5.91 Å². The normalized spacial score (nSPS) is 17.2. The fourth-order valence-electron chi connectivity index (χ4n) is 3.48. The van der Waals surface area contributed by atoms with Crippen LogP contribution >= 0.6 is 0 Å². The van der Waals surface area contributed by atoms with Gasteiger partial charge in [0.1, 0.15) is 0 Å². The van der Waals surface area contributed by atoms with Crippen LogP contribution in [0.4, 0.5) is 5.95 Å². The van der Waals surface area contributed by atoms with Gasteiger partial charge in [-0.3, -0.25) is 4.79 Å². The average molecular weight is 368 g/mol. The molecule has 27 heavy (non-hydrogen) atoms. The number of rotatable bonds is 4. The van der Waals surface area contributed by atoms with Gasteiger partial charge in [0.2, 0.25) is 5.95 Å². The summed E-state index contributed by atoms with van der Waals surface area (Å²) in [5.41, 5.74) is 1.68. The van der Waals surface area contributed by atoms with Gasteiger partial charge in [-0.25, -0.2) is 9.78 Å². The van der Waals surface area contributed by atoms with Gasteiger partial charge >= 0.3 is 5.97 Å². The molecule has 0 bridgehead atoms.